The van der Waals surface area contributed by atoms with Crippen molar-refractivity contribution in [2.45, 2.75) is 6.42 Å². The summed E-state index contributed by atoms with van der Waals surface area (Å²) in [5.74, 6) is 2.89. The van der Waals surface area contributed by atoms with Gasteiger partial charge in [0.15, 0.2) is 11.5 Å². The maximum Gasteiger partial charge on any atom is 0.225 e. The van der Waals surface area contributed by atoms with E-state index in [1.54, 1.807) is 20.5 Å². The minimum absolute atomic E-state index is 0.411. The zero-order valence-corrected chi connectivity index (χ0v) is 22.5. The Morgan fingerprint density at radius 3 is 2.00 bits per heavy atom. The summed E-state index contributed by atoms with van der Waals surface area (Å²) in [7, 11) is 3.29. The summed E-state index contributed by atoms with van der Waals surface area (Å²) < 4.78 is 22.2. The Morgan fingerprint density at radius 2 is 1.33 bits per heavy atom. The van der Waals surface area contributed by atoms with Crippen LogP contribution in [0.4, 0.5) is 11.8 Å². The van der Waals surface area contributed by atoms with Crippen LogP contribution in [0.1, 0.15) is 11.1 Å². The fourth-order valence-corrected chi connectivity index (χ4v) is 4.55. The van der Waals surface area contributed by atoms with Gasteiger partial charge >= 0.3 is 0 Å². The summed E-state index contributed by atoms with van der Waals surface area (Å²) in [6, 6.07) is 14.2. The normalized spacial score (nSPS) is 13.6. The van der Waals surface area contributed by atoms with Crippen LogP contribution in [0.2, 0.25) is 0 Å². The summed E-state index contributed by atoms with van der Waals surface area (Å²) in [5.41, 5.74) is 3.15. The van der Waals surface area contributed by atoms with Crippen LogP contribution in [0.5, 0.6) is 11.5 Å². The molecule has 0 atom stereocenters. The van der Waals surface area contributed by atoms with Gasteiger partial charge in [-0.15, -0.1) is 0 Å². The minimum Gasteiger partial charge on any atom is -0.487 e. The molecule has 0 saturated carbocycles. The predicted octanol–water partition coefficient (Wildman–Crippen LogP) is 3.39. The highest BCUT2D eigenvalue weighted by Gasteiger charge is 2.23. The largest absolute Gasteiger partial charge is 0.487 e. The molecule has 0 unspecified atom stereocenters. The van der Waals surface area contributed by atoms with E-state index in [4.69, 9.17) is 18.9 Å². The van der Waals surface area contributed by atoms with Gasteiger partial charge < -0.3 is 28.7 Å². The molecule has 1 fully saturated rings. The molecule has 0 N–H and O–H groups in total. The number of benzene rings is 2. The van der Waals surface area contributed by atoms with Crippen molar-refractivity contribution in [1.29, 1.82) is 0 Å². The second-order valence-electron chi connectivity index (χ2n) is 9.22. The van der Waals surface area contributed by atoms with Crippen LogP contribution in [0.25, 0.3) is 10.9 Å². The highest BCUT2D eigenvalue weighted by molar-refractivity contribution is 5.92. The number of hydrogen-bond donors (Lipinski definition) is 0. The van der Waals surface area contributed by atoms with Crippen molar-refractivity contribution >= 4 is 22.7 Å². The molecule has 1 aliphatic heterocycles. The Morgan fingerprint density at radius 1 is 0.692 bits per heavy atom. The summed E-state index contributed by atoms with van der Waals surface area (Å²) >= 11 is 0. The summed E-state index contributed by atoms with van der Waals surface area (Å²) in [5, 5.41) is 0.916. The van der Waals surface area contributed by atoms with Crippen LogP contribution < -0.4 is 19.3 Å². The van der Waals surface area contributed by atoms with E-state index in [9.17, 15) is 0 Å². The number of aromatic nitrogens is 4. The van der Waals surface area contributed by atoms with E-state index in [1.165, 1.54) is 5.56 Å². The molecular formula is C29H34N6O4. The molecule has 1 saturated heterocycles. The summed E-state index contributed by atoms with van der Waals surface area (Å²) in [6.45, 7) is 4.93. The van der Waals surface area contributed by atoms with Gasteiger partial charge in [0.2, 0.25) is 5.95 Å². The fraction of sp³-hybridized carbons (Fsp3) is 0.379. The van der Waals surface area contributed by atoms with Crippen molar-refractivity contribution in [2.75, 3.05) is 76.6 Å². The first-order chi connectivity index (χ1) is 19.2. The first-order valence-electron chi connectivity index (χ1n) is 13.1. The molecule has 0 spiro atoms. The van der Waals surface area contributed by atoms with Gasteiger partial charge in [-0.25, -0.2) is 19.9 Å². The van der Waals surface area contributed by atoms with Crippen molar-refractivity contribution in [3.8, 4) is 11.5 Å². The highest BCUT2D eigenvalue weighted by atomic mass is 16.5. The number of anilines is 2. The molecule has 0 bridgehead atoms. The fourth-order valence-electron chi connectivity index (χ4n) is 4.55. The molecule has 3 heterocycles. The Bertz CT molecular complexity index is 1330. The van der Waals surface area contributed by atoms with E-state index < -0.39 is 0 Å². The summed E-state index contributed by atoms with van der Waals surface area (Å²) in [4.78, 5) is 22.9. The third kappa shape index (κ3) is 6.71. The lowest BCUT2D eigenvalue weighted by molar-refractivity contribution is 0.132. The molecular weight excluding hydrogens is 496 g/mol. The molecule has 5 rings (SSSR count). The topological polar surface area (TPSA) is 95.0 Å². The van der Waals surface area contributed by atoms with Crippen LogP contribution in [0.15, 0.2) is 61.2 Å². The number of rotatable bonds is 12. The molecule has 0 radical (unpaired) electrons. The number of nitrogens with zero attached hydrogens (tertiary/aromatic N) is 6. The second-order valence-corrected chi connectivity index (χ2v) is 9.22. The molecule has 2 aromatic heterocycles. The van der Waals surface area contributed by atoms with E-state index in [-0.39, 0.29) is 0 Å². The third-order valence-electron chi connectivity index (χ3n) is 6.57. The Hall–Kier alpha value is -4.02. The van der Waals surface area contributed by atoms with Crippen molar-refractivity contribution in [3.05, 3.63) is 72.3 Å². The highest BCUT2D eigenvalue weighted by Crippen LogP contribution is 2.35. The number of hydrogen-bond acceptors (Lipinski definition) is 10. The molecule has 1 aliphatic rings. The van der Waals surface area contributed by atoms with E-state index in [1.807, 2.05) is 30.6 Å². The Balaban J connectivity index is 1.28. The van der Waals surface area contributed by atoms with Crippen LogP contribution in [0, 0.1) is 0 Å². The SMILES string of the molecule is COCCOc1cc2ncnc(N3CCN(c4ncc(Cc5ccccc5)cn4)CC3)c2cc1OCCOC. The number of methoxy groups -OCH3 is 2. The molecule has 39 heavy (non-hydrogen) atoms. The lowest BCUT2D eigenvalue weighted by atomic mass is 10.1. The van der Waals surface area contributed by atoms with Crippen molar-refractivity contribution in [3.63, 3.8) is 0 Å². The zero-order chi connectivity index (χ0) is 26.9. The monoisotopic (exact) mass is 530 g/mol. The average molecular weight is 531 g/mol. The molecule has 204 valence electrons. The smallest absolute Gasteiger partial charge is 0.225 e. The summed E-state index contributed by atoms with van der Waals surface area (Å²) in [6.07, 6.45) is 6.28. The van der Waals surface area contributed by atoms with Gasteiger partial charge in [-0.3, -0.25) is 0 Å². The molecule has 0 amide bonds. The van der Waals surface area contributed by atoms with E-state index in [2.05, 4.69) is 54.0 Å². The standard InChI is InChI=1S/C29H34N6O4/c1-36-12-14-38-26-17-24-25(18-27(26)39-15-13-37-2)32-21-33-28(24)34-8-10-35(11-9-34)29-30-19-23(20-31-29)16-22-6-4-3-5-7-22/h3-7,17-21H,8-16H2,1-2H3. The molecule has 10 heteroatoms. The van der Waals surface area contributed by atoms with E-state index in [0.29, 0.717) is 37.9 Å². The van der Waals surface area contributed by atoms with Crippen molar-refractivity contribution < 1.29 is 18.9 Å². The second kappa shape index (κ2) is 13.2. The van der Waals surface area contributed by atoms with Crippen LogP contribution in [-0.2, 0) is 15.9 Å². The van der Waals surface area contributed by atoms with Crippen molar-refractivity contribution in [1.82, 2.24) is 19.9 Å². The predicted molar refractivity (Wildman–Crippen MR) is 150 cm³/mol. The lowest BCUT2D eigenvalue weighted by Crippen LogP contribution is -2.47. The number of piperazine rings is 1. The van der Waals surface area contributed by atoms with Gasteiger partial charge in [0.05, 0.1) is 18.7 Å². The first kappa shape index (κ1) is 26.6. The Kier molecular flexibility index (Phi) is 8.97. The first-order valence-corrected chi connectivity index (χ1v) is 13.1. The number of fused-ring (bicyclic) bond motifs is 1. The maximum absolute atomic E-state index is 5.99. The average Bonchev–Trinajstić information content (AvgIpc) is 2.98. The third-order valence-corrected chi connectivity index (χ3v) is 6.57. The van der Waals surface area contributed by atoms with Crippen LogP contribution in [-0.4, -0.2) is 86.8 Å². The van der Waals surface area contributed by atoms with Gasteiger partial charge in [0.1, 0.15) is 25.4 Å². The quantitative estimate of drug-likeness (QED) is 0.254. The maximum atomic E-state index is 5.99. The molecule has 2 aromatic carbocycles. The minimum atomic E-state index is 0.411. The van der Waals surface area contributed by atoms with Crippen LogP contribution in [0.3, 0.4) is 0 Å². The van der Waals surface area contributed by atoms with Gasteiger partial charge in [-0.1, -0.05) is 30.3 Å². The van der Waals surface area contributed by atoms with Crippen molar-refractivity contribution in [2.24, 2.45) is 0 Å². The lowest BCUT2D eigenvalue weighted by Gasteiger charge is -2.35. The molecule has 10 nitrogen and oxygen atoms in total. The van der Waals surface area contributed by atoms with Gasteiger partial charge in [0.25, 0.3) is 0 Å². The van der Waals surface area contributed by atoms with E-state index in [0.717, 1.165) is 60.8 Å². The zero-order valence-electron chi connectivity index (χ0n) is 22.5. The van der Waals surface area contributed by atoms with Gasteiger partial charge in [-0.05, 0) is 17.2 Å². The molecule has 0 aliphatic carbocycles. The number of ether oxygens (including phenoxy) is 4. The van der Waals surface area contributed by atoms with Gasteiger partial charge in [0, 0.05) is 70.7 Å². The van der Waals surface area contributed by atoms with Crippen LogP contribution >= 0.6 is 0 Å². The molecule has 4 aromatic rings. The van der Waals surface area contributed by atoms with E-state index >= 15 is 0 Å². The Labute approximate surface area is 228 Å². The van der Waals surface area contributed by atoms with Gasteiger partial charge in [-0.2, -0.15) is 0 Å².